The van der Waals surface area contributed by atoms with E-state index in [0.29, 0.717) is 6.04 Å². The summed E-state index contributed by atoms with van der Waals surface area (Å²) in [6.45, 7) is 16.4. The van der Waals surface area contributed by atoms with Gasteiger partial charge in [-0.25, -0.2) is 0 Å². The Morgan fingerprint density at radius 1 is 1.29 bits per heavy atom. The monoisotopic (exact) mass is 241 g/mol. The molecule has 17 heavy (non-hydrogen) atoms. The second-order valence-electron chi connectivity index (χ2n) is 5.28. The summed E-state index contributed by atoms with van der Waals surface area (Å²) >= 11 is 0. The fourth-order valence-electron chi connectivity index (χ4n) is 2.86. The molecule has 0 aliphatic carbocycles. The number of hydrogen-bond donors (Lipinski definition) is 1. The molecule has 0 spiro atoms. The molecule has 0 amide bonds. The van der Waals surface area contributed by atoms with E-state index in [9.17, 15) is 0 Å². The molecule has 3 nitrogen and oxygen atoms in total. The van der Waals surface area contributed by atoms with Crippen LogP contribution in [0.2, 0.25) is 0 Å². The van der Waals surface area contributed by atoms with Crippen molar-refractivity contribution < 1.29 is 0 Å². The molecule has 1 aliphatic heterocycles. The fraction of sp³-hybridized carbons (Fsp3) is 1.00. The van der Waals surface area contributed by atoms with Gasteiger partial charge in [0.2, 0.25) is 0 Å². The third kappa shape index (κ3) is 4.94. The summed E-state index contributed by atoms with van der Waals surface area (Å²) in [6, 6.07) is 1.42. The topological polar surface area (TPSA) is 18.5 Å². The maximum atomic E-state index is 3.58. The second kappa shape index (κ2) is 8.06. The van der Waals surface area contributed by atoms with Crippen LogP contribution in [-0.2, 0) is 0 Å². The molecule has 0 bridgehead atoms. The number of nitrogens with one attached hydrogen (secondary N) is 1. The van der Waals surface area contributed by atoms with Crippen molar-refractivity contribution in [3.63, 3.8) is 0 Å². The van der Waals surface area contributed by atoms with E-state index in [1.807, 2.05) is 0 Å². The number of hydrogen-bond acceptors (Lipinski definition) is 3. The number of rotatable bonds is 8. The van der Waals surface area contributed by atoms with Crippen molar-refractivity contribution in [2.75, 3.05) is 39.3 Å². The molecule has 0 aromatic rings. The second-order valence-corrected chi connectivity index (χ2v) is 5.28. The van der Waals surface area contributed by atoms with Gasteiger partial charge in [0.1, 0.15) is 0 Å². The van der Waals surface area contributed by atoms with Gasteiger partial charge in [-0.1, -0.05) is 20.8 Å². The Kier molecular flexibility index (Phi) is 7.09. The van der Waals surface area contributed by atoms with Gasteiger partial charge in [-0.2, -0.15) is 0 Å². The average Bonchev–Trinajstić information content (AvgIpc) is 2.76. The molecule has 0 radical (unpaired) electrons. The zero-order valence-electron chi connectivity index (χ0n) is 12.2. The summed E-state index contributed by atoms with van der Waals surface area (Å²) in [6.07, 6.45) is 2.58. The van der Waals surface area contributed by atoms with E-state index in [-0.39, 0.29) is 0 Å². The van der Waals surface area contributed by atoms with Gasteiger partial charge < -0.3 is 10.2 Å². The third-order valence-corrected chi connectivity index (χ3v) is 3.85. The van der Waals surface area contributed by atoms with Crippen LogP contribution in [0, 0.1) is 0 Å². The summed E-state index contributed by atoms with van der Waals surface area (Å²) in [5, 5.41) is 3.58. The predicted octanol–water partition coefficient (Wildman–Crippen LogP) is 1.79. The minimum Gasteiger partial charge on any atom is -0.313 e. The van der Waals surface area contributed by atoms with Gasteiger partial charge in [-0.15, -0.1) is 0 Å². The summed E-state index contributed by atoms with van der Waals surface area (Å²) in [7, 11) is 0. The van der Waals surface area contributed by atoms with Crippen molar-refractivity contribution >= 4 is 0 Å². The lowest BCUT2D eigenvalue weighted by Gasteiger charge is -2.27. The van der Waals surface area contributed by atoms with Crippen molar-refractivity contribution in [3.8, 4) is 0 Å². The summed E-state index contributed by atoms with van der Waals surface area (Å²) in [5.41, 5.74) is 0. The van der Waals surface area contributed by atoms with E-state index >= 15 is 0 Å². The van der Waals surface area contributed by atoms with Crippen LogP contribution in [0.1, 0.15) is 40.5 Å². The predicted molar refractivity (Wildman–Crippen MR) is 75.5 cm³/mol. The molecule has 0 aromatic heterocycles. The van der Waals surface area contributed by atoms with E-state index in [0.717, 1.165) is 12.6 Å². The van der Waals surface area contributed by atoms with Gasteiger partial charge >= 0.3 is 0 Å². The summed E-state index contributed by atoms with van der Waals surface area (Å²) in [4.78, 5) is 5.22. The Labute approximate surface area is 108 Å². The highest BCUT2D eigenvalue weighted by atomic mass is 15.3. The van der Waals surface area contributed by atoms with Crippen molar-refractivity contribution in [3.05, 3.63) is 0 Å². The zero-order chi connectivity index (χ0) is 12.7. The van der Waals surface area contributed by atoms with Gasteiger partial charge in [0.15, 0.2) is 0 Å². The zero-order valence-corrected chi connectivity index (χ0v) is 12.2. The molecular weight excluding hydrogens is 210 g/mol. The Bertz CT molecular complexity index is 192. The highest BCUT2D eigenvalue weighted by Crippen LogP contribution is 2.15. The first-order chi connectivity index (χ1) is 8.21. The van der Waals surface area contributed by atoms with E-state index in [2.05, 4.69) is 42.8 Å². The molecule has 102 valence electrons. The summed E-state index contributed by atoms with van der Waals surface area (Å²) in [5.74, 6) is 0. The molecule has 1 heterocycles. The first kappa shape index (κ1) is 14.9. The molecule has 2 atom stereocenters. The first-order valence-corrected chi connectivity index (χ1v) is 7.40. The molecule has 3 heteroatoms. The standard InChI is InChI=1S/C14H31N3/c1-5-9-15-13(4)11-16-10-8-14(12-16)17(6-2)7-3/h13-15H,5-12H2,1-4H3. The number of likely N-dealkylation sites (tertiary alicyclic amines) is 1. The van der Waals surface area contributed by atoms with Gasteiger partial charge in [0.25, 0.3) is 0 Å². The molecule has 1 fully saturated rings. The van der Waals surface area contributed by atoms with E-state index in [1.165, 1.54) is 45.6 Å². The lowest BCUT2D eigenvalue weighted by Crippen LogP contribution is -2.41. The molecule has 0 aromatic carbocycles. The van der Waals surface area contributed by atoms with Gasteiger partial charge in [-0.3, -0.25) is 4.90 Å². The molecule has 1 aliphatic rings. The van der Waals surface area contributed by atoms with Crippen LogP contribution in [0.3, 0.4) is 0 Å². The van der Waals surface area contributed by atoms with Crippen molar-refractivity contribution in [2.45, 2.75) is 52.6 Å². The van der Waals surface area contributed by atoms with Crippen LogP contribution in [0.25, 0.3) is 0 Å². The largest absolute Gasteiger partial charge is 0.313 e. The minimum absolute atomic E-state index is 0.630. The smallest absolute Gasteiger partial charge is 0.0235 e. The summed E-state index contributed by atoms with van der Waals surface area (Å²) < 4.78 is 0. The quantitative estimate of drug-likeness (QED) is 0.699. The highest BCUT2D eigenvalue weighted by Gasteiger charge is 2.26. The van der Waals surface area contributed by atoms with Crippen LogP contribution >= 0.6 is 0 Å². The van der Waals surface area contributed by atoms with E-state index < -0.39 is 0 Å². The minimum atomic E-state index is 0.630. The maximum absolute atomic E-state index is 3.58. The number of likely N-dealkylation sites (N-methyl/N-ethyl adjacent to an activating group) is 1. The van der Waals surface area contributed by atoms with E-state index in [1.54, 1.807) is 0 Å². The fourth-order valence-corrected chi connectivity index (χ4v) is 2.86. The van der Waals surface area contributed by atoms with Crippen LogP contribution in [0.4, 0.5) is 0 Å². The van der Waals surface area contributed by atoms with E-state index in [4.69, 9.17) is 0 Å². The normalized spacial score (nSPS) is 23.5. The van der Waals surface area contributed by atoms with Crippen molar-refractivity contribution in [1.82, 2.24) is 15.1 Å². The Balaban J connectivity index is 2.25. The lowest BCUT2D eigenvalue weighted by atomic mass is 10.2. The van der Waals surface area contributed by atoms with Gasteiger partial charge in [0, 0.05) is 25.2 Å². The SMILES string of the molecule is CCCNC(C)CN1CCC(N(CC)CC)C1. The molecule has 2 unspecified atom stereocenters. The van der Waals surface area contributed by atoms with Crippen LogP contribution < -0.4 is 5.32 Å². The Morgan fingerprint density at radius 3 is 2.59 bits per heavy atom. The van der Waals surface area contributed by atoms with Gasteiger partial charge in [0.05, 0.1) is 0 Å². The number of nitrogens with zero attached hydrogens (tertiary/aromatic N) is 2. The third-order valence-electron chi connectivity index (χ3n) is 3.85. The molecule has 1 N–H and O–H groups in total. The highest BCUT2D eigenvalue weighted by molar-refractivity contribution is 4.84. The van der Waals surface area contributed by atoms with Crippen LogP contribution in [-0.4, -0.2) is 61.2 Å². The molecule has 1 saturated heterocycles. The Morgan fingerprint density at radius 2 is 2.00 bits per heavy atom. The molecular formula is C14H31N3. The lowest BCUT2D eigenvalue weighted by molar-refractivity contribution is 0.206. The van der Waals surface area contributed by atoms with Crippen molar-refractivity contribution in [2.24, 2.45) is 0 Å². The van der Waals surface area contributed by atoms with Crippen molar-refractivity contribution in [1.29, 1.82) is 0 Å². The maximum Gasteiger partial charge on any atom is 0.0235 e. The average molecular weight is 241 g/mol. The Hall–Kier alpha value is -0.120. The first-order valence-electron chi connectivity index (χ1n) is 7.40. The molecule has 0 saturated carbocycles. The van der Waals surface area contributed by atoms with Crippen LogP contribution in [0.15, 0.2) is 0 Å². The molecule has 1 rings (SSSR count). The van der Waals surface area contributed by atoms with Gasteiger partial charge in [-0.05, 0) is 45.9 Å². The van der Waals surface area contributed by atoms with Crippen LogP contribution in [0.5, 0.6) is 0 Å².